The number of aliphatic hydroxyl groups is 1. The smallest absolute Gasteiger partial charge is 0.0693 e. The van der Waals surface area contributed by atoms with Gasteiger partial charge in [0.25, 0.3) is 0 Å². The zero-order valence-corrected chi connectivity index (χ0v) is 10.5. The summed E-state index contributed by atoms with van der Waals surface area (Å²) in [5, 5.41) is 13.4. The normalized spacial score (nSPS) is 29.0. The highest BCUT2D eigenvalue weighted by Crippen LogP contribution is 2.20. The zero-order valence-electron chi connectivity index (χ0n) is 10.5. The molecule has 15 heavy (non-hydrogen) atoms. The van der Waals surface area contributed by atoms with Crippen molar-refractivity contribution in [1.29, 1.82) is 0 Å². The van der Waals surface area contributed by atoms with E-state index in [-0.39, 0.29) is 6.10 Å². The Hall–Kier alpha value is -0.120. The molecule has 0 spiro atoms. The van der Waals surface area contributed by atoms with Gasteiger partial charge in [-0.1, -0.05) is 13.8 Å². The molecule has 0 amide bonds. The van der Waals surface area contributed by atoms with Gasteiger partial charge in [-0.15, -0.1) is 0 Å². The molecule has 1 rings (SSSR count). The summed E-state index contributed by atoms with van der Waals surface area (Å²) in [5.74, 6) is 0.611. The molecular weight excluding hydrogens is 188 g/mol. The van der Waals surface area contributed by atoms with Gasteiger partial charge in [0.2, 0.25) is 0 Å². The summed E-state index contributed by atoms with van der Waals surface area (Å²) in [7, 11) is 4.20. The zero-order chi connectivity index (χ0) is 11.4. The van der Waals surface area contributed by atoms with Crippen LogP contribution in [-0.4, -0.2) is 48.8 Å². The molecule has 3 atom stereocenters. The van der Waals surface area contributed by atoms with E-state index in [1.54, 1.807) is 0 Å². The third-order valence-electron chi connectivity index (χ3n) is 3.27. The van der Waals surface area contributed by atoms with Gasteiger partial charge in [0, 0.05) is 18.6 Å². The first-order valence-electron chi connectivity index (χ1n) is 6.09. The predicted octanol–water partition coefficient (Wildman–Crippen LogP) is 1.08. The lowest BCUT2D eigenvalue weighted by molar-refractivity contribution is 0.132. The Morgan fingerprint density at radius 1 is 1.33 bits per heavy atom. The van der Waals surface area contributed by atoms with Gasteiger partial charge in [-0.2, -0.15) is 0 Å². The van der Waals surface area contributed by atoms with Crippen molar-refractivity contribution < 1.29 is 5.11 Å². The van der Waals surface area contributed by atoms with Crippen LogP contribution in [0.25, 0.3) is 0 Å². The van der Waals surface area contributed by atoms with Crippen LogP contribution in [0, 0.1) is 5.92 Å². The summed E-state index contributed by atoms with van der Waals surface area (Å²) in [6.45, 7) is 5.52. The molecule has 2 N–H and O–H groups in total. The lowest BCUT2D eigenvalue weighted by Crippen LogP contribution is -2.49. The van der Waals surface area contributed by atoms with Crippen molar-refractivity contribution >= 4 is 0 Å². The van der Waals surface area contributed by atoms with Gasteiger partial charge in [0.05, 0.1) is 6.10 Å². The van der Waals surface area contributed by atoms with Crippen molar-refractivity contribution in [1.82, 2.24) is 10.2 Å². The van der Waals surface area contributed by atoms with Gasteiger partial charge >= 0.3 is 0 Å². The van der Waals surface area contributed by atoms with Gasteiger partial charge in [-0.3, -0.25) is 0 Å². The average Bonchev–Trinajstić information content (AvgIpc) is 2.50. The second-order valence-corrected chi connectivity index (χ2v) is 5.38. The monoisotopic (exact) mass is 214 g/mol. The fourth-order valence-corrected chi connectivity index (χ4v) is 2.26. The van der Waals surface area contributed by atoms with Crippen LogP contribution < -0.4 is 5.32 Å². The molecule has 0 aliphatic heterocycles. The van der Waals surface area contributed by atoms with E-state index in [1.165, 1.54) is 0 Å². The van der Waals surface area contributed by atoms with Crippen LogP contribution in [-0.2, 0) is 0 Å². The molecule has 0 radical (unpaired) electrons. The van der Waals surface area contributed by atoms with E-state index >= 15 is 0 Å². The molecule has 3 heteroatoms. The second-order valence-electron chi connectivity index (χ2n) is 5.38. The number of rotatable bonds is 5. The highest BCUT2D eigenvalue weighted by Gasteiger charge is 2.28. The fourth-order valence-electron chi connectivity index (χ4n) is 2.26. The van der Waals surface area contributed by atoms with Gasteiger partial charge in [0.1, 0.15) is 0 Å². The molecule has 1 aliphatic carbocycles. The summed E-state index contributed by atoms with van der Waals surface area (Å²) in [4.78, 5) is 2.21. The van der Waals surface area contributed by atoms with Gasteiger partial charge in [-0.25, -0.2) is 0 Å². The van der Waals surface area contributed by atoms with Crippen molar-refractivity contribution in [2.45, 2.75) is 51.3 Å². The molecule has 0 saturated heterocycles. The largest absolute Gasteiger partial charge is 0.392 e. The standard InChI is InChI=1S/C12H26N2O/c1-9(2)11(8-14(3)4)13-10-6-5-7-12(10)15/h9-13,15H,5-8H2,1-4H3/t10-,11?,12-/m0/s1. The van der Waals surface area contributed by atoms with Crippen molar-refractivity contribution in [3.8, 4) is 0 Å². The quantitative estimate of drug-likeness (QED) is 0.719. The summed E-state index contributed by atoms with van der Waals surface area (Å²) >= 11 is 0. The van der Waals surface area contributed by atoms with Crippen LogP contribution in [0.2, 0.25) is 0 Å². The van der Waals surface area contributed by atoms with Crippen LogP contribution in [0.4, 0.5) is 0 Å². The van der Waals surface area contributed by atoms with Crippen molar-refractivity contribution in [3.05, 3.63) is 0 Å². The Kier molecular flexibility index (Phi) is 5.03. The maximum Gasteiger partial charge on any atom is 0.0693 e. The van der Waals surface area contributed by atoms with Crippen LogP contribution in [0.3, 0.4) is 0 Å². The van der Waals surface area contributed by atoms with E-state index in [2.05, 4.69) is 38.2 Å². The Labute approximate surface area is 93.9 Å². The number of aliphatic hydroxyl groups excluding tert-OH is 1. The van der Waals surface area contributed by atoms with E-state index in [9.17, 15) is 5.11 Å². The van der Waals surface area contributed by atoms with E-state index in [1.807, 2.05) is 0 Å². The number of likely N-dealkylation sites (N-methyl/N-ethyl adjacent to an activating group) is 1. The van der Waals surface area contributed by atoms with E-state index in [0.29, 0.717) is 18.0 Å². The first kappa shape index (κ1) is 12.9. The summed E-state index contributed by atoms with van der Waals surface area (Å²) < 4.78 is 0. The van der Waals surface area contributed by atoms with Crippen molar-refractivity contribution in [3.63, 3.8) is 0 Å². The average molecular weight is 214 g/mol. The van der Waals surface area contributed by atoms with Gasteiger partial charge in [-0.05, 0) is 39.3 Å². The maximum atomic E-state index is 9.78. The minimum atomic E-state index is -0.131. The molecule has 0 heterocycles. The Balaban J connectivity index is 2.43. The molecule has 0 aromatic rings. The number of nitrogens with one attached hydrogen (secondary N) is 1. The molecular formula is C12H26N2O. The third-order valence-corrected chi connectivity index (χ3v) is 3.27. The molecule has 1 aliphatic rings. The van der Waals surface area contributed by atoms with Crippen molar-refractivity contribution in [2.75, 3.05) is 20.6 Å². The molecule has 1 fully saturated rings. The fraction of sp³-hybridized carbons (Fsp3) is 1.00. The van der Waals surface area contributed by atoms with Crippen LogP contribution in [0.15, 0.2) is 0 Å². The minimum absolute atomic E-state index is 0.131. The number of hydrogen-bond acceptors (Lipinski definition) is 3. The van der Waals surface area contributed by atoms with E-state index in [4.69, 9.17) is 0 Å². The molecule has 0 aromatic heterocycles. The SMILES string of the molecule is CC(C)C(CN(C)C)N[C@H]1CCC[C@@H]1O. The van der Waals surface area contributed by atoms with E-state index in [0.717, 1.165) is 25.8 Å². The Morgan fingerprint density at radius 3 is 2.40 bits per heavy atom. The number of hydrogen-bond donors (Lipinski definition) is 2. The highest BCUT2D eigenvalue weighted by molar-refractivity contribution is 4.87. The van der Waals surface area contributed by atoms with Crippen LogP contribution in [0.1, 0.15) is 33.1 Å². The third kappa shape index (κ3) is 4.09. The summed E-state index contributed by atoms with van der Waals surface area (Å²) in [5.41, 5.74) is 0. The highest BCUT2D eigenvalue weighted by atomic mass is 16.3. The minimum Gasteiger partial charge on any atom is -0.392 e. The van der Waals surface area contributed by atoms with Crippen LogP contribution in [0.5, 0.6) is 0 Å². The first-order valence-corrected chi connectivity index (χ1v) is 6.09. The first-order chi connectivity index (χ1) is 7.00. The summed E-state index contributed by atoms with van der Waals surface area (Å²) in [6.07, 6.45) is 3.11. The topological polar surface area (TPSA) is 35.5 Å². The maximum absolute atomic E-state index is 9.78. The van der Waals surface area contributed by atoms with Crippen LogP contribution >= 0.6 is 0 Å². The lowest BCUT2D eigenvalue weighted by Gasteiger charge is -2.30. The molecule has 1 saturated carbocycles. The van der Waals surface area contributed by atoms with Gasteiger partial charge < -0.3 is 15.3 Å². The second kappa shape index (κ2) is 5.83. The Bertz CT molecular complexity index is 182. The summed E-state index contributed by atoms with van der Waals surface area (Å²) in [6, 6.07) is 0.801. The van der Waals surface area contributed by atoms with Crippen molar-refractivity contribution in [2.24, 2.45) is 5.92 Å². The molecule has 90 valence electrons. The Morgan fingerprint density at radius 2 is 2.00 bits per heavy atom. The number of nitrogens with zero attached hydrogens (tertiary/aromatic N) is 1. The molecule has 1 unspecified atom stereocenters. The molecule has 0 aromatic carbocycles. The predicted molar refractivity (Wildman–Crippen MR) is 64.0 cm³/mol. The van der Waals surface area contributed by atoms with E-state index < -0.39 is 0 Å². The molecule has 0 bridgehead atoms. The van der Waals surface area contributed by atoms with Gasteiger partial charge in [0.15, 0.2) is 0 Å². The lowest BCUT2D eigenvalue weighted by atomic mass is 10.0. The molecule has 3 nitrogen and oxygen atoms in total.